The SMILES string of the molecule is CC(C)NCCC(=O)NC1CCCC(C(=O)O)C1. The molecule has 0 aromatic rings. The average molecular weight is 256 g/mol. The molecular weight excluding hydrogens is 232 g/mol. The zero-order valence-corrected chi connectivity index (χ0v) is 11.2. The molecule has 1 rings (SSSR count). The predicted molar refractivity (Wildman–Crippen MR) is 69.3 cm³/mol. The minimum absolute atomic E-state index is 0.0131. The fourth-order valence-electron chi connectivity index (χ4n) is 2.32. The quantitative estimate of drug-likeness (QED) is 0.666. The topological polar surface area (TPSA) is 78.4 Å². The van der Waals surface area contributed by atoms with E-state index >= 15 is 0 Å². The van der Waals surface area contributed by atoms with Crippen LogP contribution in [0.1, 0.15) is 46.0 Å². The molecule has 0 aromatic heterocycles. The molecule has 1 aliphatic rings. The lowest BCUT2D eigenvalue weighted by Gasteiger charge is -2.27. The zero-order valence-electron chi connectivity index (χ0n) is 11.2. The van der Waals surface area contributed by atoms with Gasteiger partial charge in [0.2, 0.25) is 5.91 Å². The summed E-state index contributed by atoms with van der Waals surface area (Å²) in [5.74, 6) is -1.02. The third kappa shape index (κ3) is 5.49. The molecule has 0 spiro atoms. The number of nitrogens with one attached hydrogen (secondary N) is 2. The molecule has 1 saturated carbocycles. The molecule has 3 N–H and O–H groups in total. The molecule has 5 heteroatoms. The number of aliphatic carboxylic acids is 1. The van der Waals surface area contributed by atoms with E-state index in [0.29, 0.717) is 25.4 Å². The Kier molecular flexibility index (Phi) is 6.12. The molecule has 0 bridgehead atoms. The van der Waals surface area contributed by atoms with E-state index in [1.165, 1.54) is 0 Å². The summed E-state index contributed by atoms with van der Waals surface area (Å²) in [6, 6.07) is 0.412. The Morgan fingerprint density at radius 3 is 2.67 bits per heavy atom. The molecule has 0 heterocycles. The van der Waals surface area contributed by atoms with E-state index in [9.17, 15) is 9.59 Å². The van der Waals surface area contributed by atoms with Gasteiger partial charge in [-0.25, -0.2) is 0 Å². The summed E-state index contributed by atoms with van der Waals surface area (Å²) in [6.45, 7) is 4.74. The first kappa shape index (κ1) is 15.0. The van der Waals surface area contributed by atoms with Crippen molar-refractivity contribution >= 4 is 11.9 Å². The highest BCUT2D eigenvalue weighted by molar-refractivity contribution is 5.76. The summed E-state index contributed by atoms with van der Waals surface area (Å²) in [5, 5.41) is 15.1. The summed E-state index contributed by atoms with van der Waals surface area (Å²) in [6.07, 6.45) is 3.53. The Bertz CT molecular complexity index is 292. The highest BCUT2D eigenvalue weighted by Gasteiger charge is 2.27. The molecule has 2 atom stereocenters. The van der Waals surface area contributed by atoms with Crippen molar-refractivity contribution in [3.63, 3.8) is 0 Å². The van der Waals surface area contributed by atoms with E-state index in [4.69, 9.17) is 5.11 Å². The van der Waals surface area contributed by atoms with Gasteiger partial charge in [0.05, 0.1) is 5.92 Å². The highest BCUT2D eigenvalue weighted by atomic mass is 16.4. The molecule has 0 radical (unpaired) electrons. The number of rotatable bonds is 6. The highest BCUT2D eigenvalue weighted by Crippen LogP contribution is 2.24. The Hall–Kier alpha value is -1.10. The van der Waals surface area contributed by atoms with Crippen LogP contribution in [0.4, 0.5) is 0 Å². The Balaban J connectivity index is 2.24. The monoisotopic (exact) mass is 256 g/mol. The van der Waals surface area contributed by atoms with E-state index in [1.54, 1.807) is 0 Å². The van der Waals surface area contributed by atoms with E-state index in [-0.39, 0.29) is 17.9 Å². The van der Waals surface area contributed by atoms with Crippen LogP contribution in [0.3, 0.4) is 0 Å². The largest absolute Gasteiger partial charge is 0.481 e. The number of amides is 1. The van der Waals surface area contributed by atoms with Gasteiger partial charge in [-0.3, -0.25) is 9.59 Å². The summed E-state index contributed by atoms with van der Waals surface area (Å²) in [5.41, 5.74) is 0. The molecule has 0 aromatic carbocycles. The van der Waals surface area contributed by atoms with Gasteiger partial charge in [-0.1, -0.05) is 20.3 Å². The molecule has 2 unspecified atom stereocenters. The van der Waals surface area contributed by atoms with Gasteiger partial charge in [0.1, 0.15) is 0 Å². The first-order valence-electron chi connectivity index (χ1n) is 6.74. The second-order valence-corrected chi connectivity index (χ2v) is 5.33. The molecule has 1 aliphatic carbocycles. The molecule has 18 heavy (non-hydrogen) atoms. The van der Waals surface area contributed by atoms with Crippen molar-refractivity contribution in [3.05, 3.63) is 0 Å². The normalized spacial score (nSPS) is 23.9. The van der Waals surface area contributed by atoms with Crippen LogP contribution in [0.25, 0.3) is 0 Å². The van der Waals surface area contributed by atoms with Crippen molar-refractivity contribution < 1.29 is 14.7 Å². The van der Waals surface area contributed by atoms with Crippen LogP contribution in [-0.4, -0.2) is 35.6 Å². The van der Waals surface area contributed by atoms with E-state index in [1.807, 2.05) is 13.8 Å². The van der Waals surface area contributed by atoms with Crippen LogP contribution >= 0.6 is 0 Å². The number of hydrogen-bond donors (Lipinski definition) is 3. The lowest BCUT2D eigenvalue weighted by Crippen LogP contribution is -2.41. The van der Waals surface area contributed by atoms with Gasteiger partial charge in [0.25, 0.3) is 0 Å². The van der Waals surface area contributed by atoms with Crippen molar-refractivity contribution in [2.75, 3.05) is 6.54 Å². The van der Waals surface area contributed by atoms with Gasteiger partial charge in [-0.2, -0.15) is 0 Å². The summed E-state index contributed by atoms with van der Waals surface area (Å²) < 4.78 is 0. The number of carboxylic acid groups (broad SMARTS) is 1. The number of carbonyl (C=O) groups excluding carboxylic acids is 1. The van der Waals surface area contributed by atoms with E-state index in [0.717, 1.165) is 19.3 Å². The number of carbonyl (C=O) groups is 2. The van der Waals surface area contributed by atoms with Crippen LogP contribution in [0, 0.1) is 5.92 Å². The molecular formula is C13H24N2O3. The standard InChI is InChI=1S/C13H24N2O3/c1-9(2)14-7-6-12(16)15-11-5-3-4-10(8-11)13(17)18/h9-11,14H,3-8H2,1-2H3,(H,15,16)(H,17,18). The van der Waals surface area contributed by atoms with E-state index < -0.39 is 5.97 Å². The van der Waals surface area contributed by atoms with Gasteiger partial charge in [-0.05, 0) is 19.3 Å². The number of hydrogen-bond acceptors (Lipinski definition) is 3. The second kappa shape index (κ2) is 7.36. The lowest BCUT2D eigenvalue weighted by atomic mass is 9.86. The summed E-state index contributed by atoms with van der Waals surface area (Å²) in [7, 11) is 0. The summed E-state index contributed by atoms with van der Waals surface area (Å²) in [4.78, 5) is 22.6. The van der Waals surface area contributed by atoms with Crippen LogP contribution in [0.15, 0.2) is 0 Å². The van der Waals surface area contributed by atoms with Crippen molar-refractivity contribution in [1.29, 1.82) is 0 Å². The Labute approximate surface area is 108 Å². The molecule has 104 valence electrons. The first-order chi connectivity index (χ1) is 8.49. The first-order valence-corrected chi connectivity index (χ1v) is 6.74. The number of carboxylic acids is 1. The molecule has 1 fully saturated rings. The van der Waals surface area contributed by atoms with Crippen LogP contribution in [0.5, 0.6) is 0 Å². The van der Waals surface area contributed by atoms with Gasteiger partial charge in [0.15, 0.2) is 0 Å². The fourth-order valence-corrected chi connectivity index (χ4v) is 2.32. The Morgan fingerprint density at radius 2 is 2.06 bits per heavy atom. The molecule has 0 saturated heterocycles. The van der Waals surface area contributed by atoms with Crippen LogP contribution < -0.4 is 10.6 Å². The predicted octanol–water partition coefficient (Wildman–Crippen LogP) is 1.13. The average Bonchev–Trinajstić information content (AvgIpc) is 2.28. The van der Waals surface area contributed by atoms with Crippen LogP contribution in [0.2, 0.25) is 0 Å². The van der Waals surface area contributed by atoms with E-state index in [2.05, 4.69) is 10.6 Å². The third-order valence-corrected chi connectivity index (χ3v) is 3.29. The van der Waals surface area contributed by atoms with Gasteiger partial charge in [0, 0.05) is 25.0 Å². The van der Waals surface area contributed by atoms with Crippen molar-refractivity contribution in [3.8, 4) is 0 Å². The smallest absolute Gasteiger partial charge is 0.306 e. The Morgan fingerprint density at radius 1 is 1.33 bits per heavy atom. The van der Waals surface area contributed by atoms with Gasteiger partial charge < -0.3 is 15.7 Å². The minimum atomic E-state index is -0.740. The second-order valence-electron chi connectivity index (χ2n) is 5.33. The fraction of sp³-hybridized carbons (Fsp3) is 0.846. The van der Waals surface area contributed by atoms with Crippen molar-refractivity contribution in [2.24, 2.45) is 5.92 Å². The molecule has 0 aliphatic heterocycles. The maximum Gasteiger partial charge on any atom is 0.306 e. The molecule has 1 amide bonds. The molecule has 5 nitrogen and oxygen atoms in total. The lowest BCUT2D eigenvalue weighted by molar-refractivity contribution is -0.143. The minimum Gasteiger partial charge on any atom is -0.481 e. The maximum absolute atomic E-state index is 11.7. The van der Waals surface area contributed by atoms with Crippen molar-refractivity contribution in [2.45, 2.75) is 58.0 Å². The van der Waals surface area contributed by atoms with Crippen LogP contribution in [-0.2, 0) is 9.59 Å². The van der Waals surface area contributed by atoms with Gasteiger partial charge in [-0.15, -0.1) is 0 Å². The van der Waals surface area contributed by atoms with Crippen molar-refractivity contribution in [1.82, 2.24) is 10.6 Å². The van der Waals surface area contributed by atoms with Gasteiger partial charge >= 0.3 is 5.97 Å². The summed E-state index contributed by atoms with van der Waals surface area (Å²) >= 11 is 0. The zero-order chi connectivity index (χ0) is 13.5. The maximum atomic E-state index is 11.7. The third-order valence-electron chi connectivity index (χ3n) is 3.29.